The average molecular weight is 450 g/mol. The third-order valence-corrected chi connectivity index (χ3v) is 6.57. The van der Waals surface area contributed by atoms with Crippen LogP contribution in [0.25, 0.3) is 21.2 Å². The van der Waals surface area contributed by atoms with Crippen LogP contribution in [0.2, 0.25) is 0 Å². The highest BCUT2D eigenvalue weighted by Gasteiger charge is 2.33. The standard InChI is InChI=1S/C24H23N3O4S/c1-14(2)26-22(28)21-20(16-7-5-9-25-23(16)32-21)19-13-27(10-11-30-19)24(29)18-12-15-6-3-4-8-17(15)31-18/h3-9,12,14,19H,10-11,13H2,1-2H3,(H,26,28)/t19-/m1/s1. The Labute approximate surface area is 189 Å². The van der Waals surface area contributed by atoms with E-state index >= 15 is 0 Å². The Morgan fingerprint density at radius 2 is 2.06 bits per heavy atom. The second-order valence-corrected chi connectivity index (χ2v) is 9.09. The van der Waals surface area contributed by atoms with Crippen molar-refractivity contribution in [2.45, 2.75) is 26.0 Å². The number of hydrogen-bond acceptors (Lipinski definition) is 6. The Balaban J connectivity index is 1.47. The van der Waals surface area contributed by atoms with Gasteiger partial charge in [0.2, 0.25) is 0 Å². The average Bonchev–Trinajstić information content (AvgIpc) is 3.40. The number of rotatable bonds is 4. The van der Waals surface area contributed by atoms with Gasteiger partial charge in [0.05, 0.1) is 13.2 Å². The van der Waals surface area contributed by atoms with Gasteiger partial charge in [-0.3, -0.25) is 9.59 Å². The molecule has 0 radical (unpaired) electrons. The number of carbonyl (C=O) groups excluding carboxylic acids is 2. The summed E-state index contributed by atoms with van der Waals surface area (Å²) in [5, 5.41) is 4.74. The van der Waals surface area contributed by atoms with E-state index in [2.05, 4.69) is 10.3 Å². The topological polar surface area (TPSA) is 84.7 Å². The number of furan rings is 1. The first-order valence-electron chi connectivity index (χ1n) is 10.6. The van der Waals surface area contributed by atoms with E-state index in [1.54, 1.807) is 17.2 Å². The maximum Gasteiger partial charge on any atom is 0.289 e. The summed E-state index contributed by atoms with van der Waals surface area (Å²) >= 11 is 1.35. The Hall–Kier alpha value is -3.23. The summed E-state index contributed by atoms with van der Waals surface area (Å²) in [6.45, 7) is 5.01. The number of nitrogens with zero attached hydrogens (tertiary/aromatic N) is 2. The monoisotopic (exact) mass is 449 g/mol. The molecule has 164 valence electrons. The lowest BCUT2D eigenvalue weighted by Gasteiger charge is -2.33. The van der Waals surface area contributed by atoms with Gasteiger partial charge in [0.25, 0.3) is 11.8 Å². The van der Waals surface area contributed by atoms with Crippen molar-refractivity contribution in [1.29, 1.82) is 0 Å². The summed E-state index contributed by atoms with van der Waals surface area (Å²) < 4.78 is 11.9. The number of hydrogen-bond donors (Lipinski definition) is 1. The molecule has 1 atom stereocenters. The van der Waals surface area contributed by atoms with Gasteiger partial charge in [0.1, 0.15) is 21.4 Å². The van der Waals surface area contributed by atoms with Gasteiger partial charge < -0.3 is 19.4 Å². The van der Waals surface area contributed by atoms with Crippen molar-refractivity contribution < 1.29 is 18.7 Å². The Morgan fingerprint density at radius 3 is 2.88 bits per heavy atom. The van der Waals surface area contributed by atoms with Crippen molar-refractivity contribution in [1.82, 2.24) is 15.2 Å². The lowest BCUT2D eigenvalue weighted by molar-refractivity contribution is -0.0231. The molecule has 0 unspecified atom stereocenters. The van der Waals surface area contributed by atoms with E-state index in [0.29, 0.717) is 35.9 Å². The van der Waals surface area contributed by atoms with Crippen molar-refractivity contribution in [2.24, 2.45) is 0 Å². The molecule has 1 aliphatic rings. The molecule has 7 nitrogen and oxygen atoms in total. The van der Waals surface area contributed by atoms with Gasteiger partial charge in [0, 0.05) is 35.1 Å². The maximum atomic E-state index is 13.2. The molecular weight excluding hydrogens is 426 g/mol. The van der Waals surface area contributed by atoms with Crippen LogP contribution in [0.1, 0.15) is 45.7 Å². The van der Waals surface area contributed by atoms with Gasteiger partial charge in [-0.2, -0.15) is 0 Å². The molecule has 1 N–H and O–H groups in total. The van der Waals surface area contributed by atoms with Crippen molar-refractivity contribution in [2.75, 3.05) is 19.7 Å². The summed E-state index contributed by atoms with van der Waals surface area (Å²) in [6, 6.07) is 13.1. The zero-order valence-electron chi connectivity index (χ0n) is 17.8. The number of pyridine rings is 1. The molecule has 1 aromatic carbocycles. The minimum absolute atomic E-state index is 0.00644. The fraction of sp³-hybridized carbons (Fsp3) is 0.292. The minimum Gasteiger partial charge on any atom is -0.451 e. The molecule has 2 amide bonds. The molecule has 4 aromatic rings. The SMILES string of the molecule is CC(C)NC(=O)c1sc2ncccc2c1[C@H]1CN(C(=O)c2cc3ccccc3o2)CCO1. The zero-order chi connectivity index (χ0) is 22.2. The number of nitrogens with one attached hydrogen (secondary N) is 1. The van der Waals surface area contributed by atoms with Crippen LogP contribution in [0.15, 0.2) is 53.1 Å². The highest BCUT2D eigenvalue weighted by Crippen LogP contribution is 2.37. The number of carbonyl (C=O) groups is 2. The van der Waals surface area contributed by atoms with Crippen LogP contribution < -0.4 is 5.32 Å². The van der Waals surface area contributed by atoms with Gasteiger partial charge in [0.15, 0.2) is 5.76 Å². The van der Waals surface area contributed by atoms with Crippen LogP contribution in [0.3, 0.4) is 0 Å². The van der Waals surface area contributed by atoms with Gasteiger partial charge in [-0.05, 0) is 32.0 Å². The van der Waals surface area contributed by atoms with Crippen molar-refractivity contribution >= 4 is 44.3 Å². The van der Waals surface area contributed by atoms with Crippen LogP contribution in [0.4, 0.5) is 0 Å². The molecule has 0 saturated carbocycles. The molecule has 0 spiro atoms. The first-order valence-corrected chi connectivity index (χ1v) is 11.4. The van der Waals surface area contributed by atoms with E-state index in [-0.39, 0.29) is 17.9 Å². The number of morpholine rings is 1. The van der Waals surface area contributed by atoms with E-state index in [0.717, 1.165) is 21.2 Å². The summed E-state index contributed by atoms with van der Waals surface area (Å²) in [7, 11) is 0. The summed E-state index contributed by atoms with van der Waals surface area (Å²) in [6.07, 6.45) is 1.29. The molecule has 8 heteroatoms. The number of amides is 2. The van der Waals surface area contributed by atoms with Crippen LogP contribution in [-0.2, 0) is 4.74 Å². The lowest BCUT2D eigenvalue weighted by atomic mass is 10.0. The number of fused-ring (bicyclic) bond motifs is 2. The van der Waals surface area contributed by atoms with Crippen molar-refractivity contribution in [3.63, 3.8) is 0 Å². The zero-order valence-corrected chi connectivity index (χ0v) is 18.6. The van der Waals surface area contributed by atoms with E-state index < -0.39 is 6.10 Å². The fourth-order valence-electron chi connectivity index (χ4n) is 4.02. The molecule has 1 fully saturated rings. The second kappa shape index (κ2) is 8.37. The van der Waals surface area contributed by atoms with E-state index in [1.807, 2.05) is 50.2 Å². The molecule has 1 aliphatic heterocycles. The molecule has 0 aliphatic carbocycles. The van der Waals surface area contributed by atoms with E-state index in [9.17, 15) is 9.59 Å². The maximum absolute atomic E-state index is 13.2. The number of benzene rings is 1. The first kappa shape index (κ1) is 20.7. The molecule has 0 bridgehead atoms. The second-order valence-electron chi connectivity index (χ2n) is 8.09. The molecular formula is C24H23N3O4S. The number of ether oxygens (including phenoxy) is 1. The summed E-state index contributed by atoms with van der Waals surface area (Å²) in [5.74, 6) is -0.0239. The number of para-hydroxylation sites is 1. The predicted molar refractivity (Wildman–Crippen MR) is 123 cm³/mol. The van der Waals surface area contributed by atoms with Gasteiger partial charge in [-0.25, -0.2) is 4.98 Å². The van der Waals surface area contributed by atoms with Crippen LogP contribution >= 0.6 is 11.3 Å². The Bertz CT molecular complexity index is 1280. The van der Waals surface area contributed by atoms with Gasteiger partial charge >= 0.3 is 0 Å². The van der Waals surface area contributed by atoms with Gasteiger partial charge in [-0.1, -0.05) is 24.3 Å². The molecule has 5 rings (SSSR count). The summed E-state index contributed by atoms with van der Waals surface area (Å²) in [4.78, 5) is 33.7. The highest BCUT2D eigenvalue weighted by atomic mass is 32.1. The number of aromatic nitrogens is 1. The third kappa shape index (κ3) is 3.76. The molecule has 1 saturated heterocycles. The van der Waals surface area contributed by atoms with Crippen molar-refractivity contribution in [3.8, 4) is 0 Å². The highest BCUT2D eigenvalue weighted by molar-refractivity contribution is 7.20. The quantitative estimate of drug-likeness (QED) is 0.499. The minimum atomic E-state index is -0.428. The first-order chi connectivity index (χ1) is 15.5. The predicted octanol–water partition coefficient (Wildman–Crippen LogP) is 4.39. The largest absolute Gasteiger partial charge is 0.451 e. The van der Waals surface area contributed by atoms with E-state index in [4.69, 9.17) is 9.15 Å². The normalized spacial score (nSPS) is 16.7. The lowest BCUT2D eigenvalue weighted by Crippen LogP contribution is -2.42. The van der Waals surface area contributed by atoms with Crippen LogP contribution in [-0.4, -0.2) is 47.4 Å². The Kier molecular flexibility index (Phi) is 5.40. The fourth-order valence-corrected chi connectivity index (χ4v) is 5.12. The van der Waals surface area contributed by atoms with Crippen molar-refractivity contribution in [3.05, 3.63) is 64.9 Å². The molecule has 4 heterocycles. The van der Waals surface area contributed by atoms with Crippen LogP contribution in [0.5, 0.6) is 0 Å². The van der Waals surface area contributed by atoms with Crippen LogP contribution in [0, 0.1) is 0 Å². The molecule has 32 heavy (non-hydrogen) atoms. The van der Waals surface area contributed by atoms with Gasteiger partial charge in [-0.15, -0.1) is 11.3 Å². The molecule has 3 aromatic heterocycles. The van der Waals surface area contributed by atoms with E-state index in [1.165, 1.54) is 11.3 Å². The Morgan fingerprint density at radius 1 is 1.22 bits per heavy atom. The summed E-state index contributed by atoms with van der Waals surface area (Å²) in [5.41, 5.74) is 1.47. The smallest absolute Gasteiger partial charge is 0.289 e. The third-order valence-electron chi connectivity index (χ3n) is 5.44. The number of thiophene rings is 1.